The summed E-state index contributed by atoms with van der Waals surface area (Å²) in [5, 5.41) is 0. The minimum absolute atomic E-state index is 0.313. The number of aromatic amines is 1. The Morgan fingerprint density at radius 1 is 1.27 bits per heavy atom. The van der Waals surface area contributed by atoms with Crippen molar-refractivity contribution in [1.29, 1.82) is 0 Å². The molecule has 0 atom stereocenters. The fraction of sp³-hybridized carbons (Fsp3) is 0.462. The summed E-state index contributed by atoms with van der Waals surface area (Å²) in [4.78, 5) is 7.59. The average molecular weight is 202 g/mol. The average Bonchev–Trinajstić information content (AvgIpc) is 2.57. The fourth-order valence-corrected chi connectivity index (χ4v) is 1.94. The molecule has 2 aromatic rings. The van der Waals surface area contributed by atoms with E-state index in [0.29, 0.717) is 5.41 Å². The quantitative estimate of drug-likeness (QED) is 0.753. The van der Waals surface area contributed by atoms with E-state index in [2.05, 4.69) is 49.8 Å². The van der Waals surface area contributed by atoms with Crippen molar-refractivity contribution in [2.75, 3.05) is 0 Å². The monoisotopic (exact) mass is 202 g/mol. The van der Waals surface area contributed by atoms with Gasteiger partial charge in [-0.25, -0.2) is 4.98 Å². The Morgan fingerprint density at radius 3 is 2.67 bits per heavy atom. The highest BCUT2D eigenvalue weighted by atomic mass is 14.9. The van der Waals surface area contributed by atoms with E-state index in [1.165, 1.54) is 16.6 Å². The van der Waals surface area contributed by atoms with Gasteiger partial charge in [0.15, 0.2) is 0 Å². The van der Waals surface area contributed by atoms with Gasteiger partial charge in [0.1, 0.15) is 0 Å². The summed E-state index contributed by atoms with van der Waals surface area (Å²) in [6.07, 6.45) is 2.86. The van der Waals surface area contributed by atoms with Crippen molar-refractivity contribution >= 4 is 11.0 Å². The Morgan fingerprint density at radius 2 is 2.00 bits per heavy atom. The number of hydrogen-bond donors (Lipinski definition) is 1. The molecule has 2 nitrogen and oxygen atoms in total. The van der Waals surface area contributed by atoms with E-state index in [9.17, 15) is 0 Å². The van der Waals surface area contributed by atoms with Crippen molar-refractivity contribution in [2.45, 2.75) is 34.1 Å². The van der Waals surface area contributed by atoms with E-state index in [4.69, 9.17) is 0 Å². The highest BCUT2D eigenvalue weighted by Crippen LogP contribution is 2.26. The molecule has 1 aromatic carbocycles. The Balaban J connectivity index is 2.53. The molecule has 1 heterocycles. The number of nitrogens with zero attached hydrogens (tertiary/aromatic N) is 1. The summed E-state index contributed by atoms with van der Waals surface area (Å²) >= 11 is 0. The molecule has 0 fully saturated rings. The molecule has 0 amide bonds. The van der Waals surface area contributed by atoms with Gasteiger partial charge in [-0.05, 0) is 29.9 Å². The molecule has 15 heavy (non-hydrogen) atoms. The van der Waals surface area contributed by atoms with E-state index in [-0.39, 0.29) is 0 Å². The molecule has 0 saturated heterocycles. The van der Waals surface area contributed by atoms with Crippen LogP contribution >= 0.6 is 0 Å². The van der Waals surface area contributed by atoms with Crippen molar-refractivity contribution < 1.29 is 0 Å². The van der Waals surface area contributed by atoms with E-state index in [1.54, 1.807) is 6.33 Å². The lowest BCUT2D eigenvalue weighted by Crippen LogP contribution is -2.09. The summed E-state index contributed by atoms with van der Waals surface area (Å²) in [7, 11) is 0. The number of hydrogen-bond acceptors (Lipinski definition) is 1. The molecule has 1 N–H and O–H groups in total. The molecule has 0 saturated carbocycles. The van der Waals surface area contributed by atoms with Crippen LogP contribution < -0.4 is 0 Å². The molecule has 80 valence electrons. The third-order valence-corrected chi connectivity index (χ3v) is 2.59. The minimum Gasteiger partial charge on any atom is -0.344 e. The molecule has 2 heteroatoms. The lowest BCUT2D eigenvalue weighted by Gasteiger charge is -2.18. The van der Waals surface area contributed by atoms with Gasteiger partial charge in [-0.15, -0.1) is 0 Å². The molecule has 0 aliphatic heterocycles. The molecule has 1 aromatic heterocycles. The maximum atomic E-state index is 4.35. The standard InChI is InChI=1S/C13H18N2/c1-9-5-6-10(7-13(2,3)4)12-11(9)14-8-15-12/h5-6,8H,7H2,1-4H3,(H,14,15). The second kappa shape index (κ2) is 3.37. The molecule has 0 aliphatic carbocycles. The van der Waals surface area contributed by atoms with Crippen LogP contribution in [0.4, 0.5) is 0 Å². The van der Waals surface area contributed by atoms with Crippen LogP contribution in [-0.2, 0) is 6.42 Å². The van der Waals surface area contributed by atoms with Crippen LogP contribution in [0.3, 0.4) is 0 Å². The van der Waals surface area contributed by atoms with Crippen molar-refractivity contribution in [3.63, 3.8) is 0 Å². The summed E-state index contributed by atoms with van der Waals surface area (Å²) in [5.41, 5.74) is 5.22. The Labute approximate surface area is 90.7 Å². The van der Waals surface area contributed by atoms with Crippen LogP contribution in [0.25, 0.3) is 11.0 Å². The maximum absolute atomic E-state index is 4.35. The van der Waals surface area contributed by atoms with Gasteiger partial charge in [0.25, 0.3) is 0 Å². The first-order chi connectivity index (χ1) is 6.97. The van der Waals surface area contributed by atoms with Gasteiger partial charge >= 0.3 is 0 Å². The van der Waals surface area contributed by atoms with Crippen LogP contribution in [-0.4, -0.2) is 9.97 Å². The zero-order valence-electron chi connectivity index (χ0n) is 9.89. The second-order valence-electron chi connectivity index (χ2n) is 5.41. The topological polar surface area (TPSA) is 28.7 Å². The maximum Gasteiger partial charge on any atom is 0.0932 e. The summed E-state index contributed by atoms with van der Waals surface area (Å²) in [5.74, 6) is 0. The number of imidazole rings is 1. The van der Waals surface area contributed by atoms with Crippen molar-refractivity contribution in [1.82, 2.24) is 9.97 Å². The number of H-pyrrole nitrogens is 1. The molecule has 0 unspecified atom stereocenters. The number of fused-ring (bicyclic) bond motifs is 1. The Kier molecular flexibility index (Phi) is 2.29. The molecule has 0 radical (unpaired) electrons. The van der Waals surface area contributed by atoms with Crippen molar-refractivity contribution in [3.8, 4) is 0 Å². The SMILES string of the molecule is Cc1ccc(CC(C)(C)C)c2[nH]cnc12. The molecular weight excluding hydrogens is 184 g/mol. The number of nitrogens with one attached hydrogen (secondary N) is 1. The summed E-state index contributed by atoms with van der Waals surface area (Å²) in [6, 6.07) is 4.37. The molecule has 0 bridgehead atoms. The Bertz CT molecular complexity index is 475. The number of rotatable bonds is 1. The first kappa shape index (κ1) is 10.2. The first-order valence-electron chi connectivity index (χ1n) is 5.39. The van der Waals surface area contributed by atoms with Gasteiger partial charge in [-0.2, -0.15) is 0 Å². The van der Waals surface area contributed by atoms with Gasteiger partial charge in [-0.3, -0.25) is 0 Å². The van der Waals surface area contributed by atoms with Crippen LogP contribution in [0.2, 0.25) is 0 Å². The summed E-state index contributed by atoms with van der Waals surface area (Å²) in [6.45, 7) is 8.88. The van der Waals surface area contributed by atoms with Crippen LogP contribution in [0, 0.1) is 12.3 Å². The van der Waals surface area contributed by atoms with Gasteiger partial charge in [0.05, 0.1) is 17.4 Å². The van der Waals surface area contributed by atoms with Crippen molar-refractivity contribution in [3.05, 3.63) is 29.6 Å². The smallest absolute Gasteiger partial charge is 0.0932 e. The van der Waals surface area contributed by atoms with Crippen LogP contribution in [0.15, 0.2) is 18.5 Å². The zero-order chi connectivity index (χ0) is 11.1. The van der Waals surface area contributed by atoms with Crippen LogP contribution in [0.5, 0.6) is 0 Å². The minimum atomic E-state index is 0.313. The van der Waals surface area contributed by atoms with E-state index >= 15 is 0 Å². The summed E-state index contributed by atoms with van der Waals surface area (Å²) < 4.78 is 0. The third-order valence-electron chi connectivity index (χ3n) is 2.59. The van der Waals surface area contributed by atoms with Gasteiger partial charge < -0.3 is 4.98 Å². The van der Waals surface area contributed by atoms with Crippen LogP contribution in [0.1, 0.15) is 31.9 Å². The van der Waals surface area contributed by atoms with Gasteiger partial charge in [0, 0.05) is 0 Å². The Hall–Kier alpha value is -1.31. The van der Waals surface area contributed by atoms with E-state index in [1.807, 2.05) is 0 Å². The number of aryl methyl sites for hydroxylation is 1. The van der Waals surface area contributed by atoms with Gasteiger partial charge in [-0.1, -0.05) is 32.9 Å². The molecule has 2 rings (SSSR count). The lowest BCUT2D eigenvalue weighted by atomic mass is 9.87. The highest BCUT2D eigenvalue weighted by molar-refractivity contribution is 5.81. The molecular formula is C13H18N2. The van der Waals surface area contributed by atoms with E-state index in [0.717, 1.165) is 11.9 Å². The van der Waals surface area contributed by atoms with Gasteiger partial charge in [0.2, 0.25) is 0 Å². The first-order valence-corrected chi connectivity index (χ1v) is 5.39. The second-order valence-corrected chi connectivity index (χ2v) is 5.41. The molecule has 0 spiro atoms. The number of benzene rings is 1. The predicted molar refractivity (Wildman–Crippen MR) is 64.0 cm³/mol. The number of aromatic nitrogens is 2. The highest BCUT2D eigenvalue weighted by Gasteiger charge is 2.14. The van der Waals surface area contributed by atoms with E-state index < -0.39 is 0 Å². The predicted octanol–water partition coefficient (Wildman–Crippen LogP) is 3.46. The molecule has 0 aliphatic rings. The largest absolute Gasteiger partial charge is 0.344 e. The fourth-order valence-electron chi connectivity index (χ4n) is 1.94. The normalized spacial score (nSPS) is 12.3. The third kappa shape index (κ3) is 2.04. The lowest BCUT2D eigenvalue weighted by molar-refractivity contribution is 0.412. The zero-order valence-corrected chi connectivity index (χ0v) is 9.89. The van der Waals surface area contributed by atoms with Crippen molar-refractivity contribution in [2.24, 2.45) is 5.41 Å².